The number of quaternary nitrogens is 2. The number of ether oxygens (including phenoxy) is 7. The first-order chi connectivity index (χ1) is 31.9. The lowest BCUT2D eigenvalue weighted by Gasteiger charge is -2.46. The van der Waals surface area contributed by atoms with Gasteiger partial charge in [0.25, 0.3) is 0 Å². The average molecular weight is 913 g/mol. The van der Waals surface area contributed by atoms with Gasteiger partial charge in [0, 0.05) is 67.4 Å². The maximum atomic E-state index is 12.8. The average Bonchev–Trinajstić information content (AvgIpc) is 3.34. The Morgan fingerprint density at radius 3 is 1.50 bits per heavy atom. The lowest BCUT2D eigenvalue weighted by molar-refractivity contribution is -0.941. The number of likely N-dealkylation sites (N-methyl/N-ethyl adjacent to an activating group) is 2. The minimum Gasteiger partial charge on any atom is -0.496 e. The highest BCUT2D eigenvalue weighted by Crippen LogP contribution is 2.44. The summed E-state index contributed by atoms with van der Waals surface area (Å²) >= 11 is 0. The third-order valence-electron chi connectivity index (χ3n) is 13.8. The summed E-state index contributed by atoms with van der Waals surface area (Å²) < 4.78 is 40.6. The number of benzene rings is 4. The molecule has 3 N–H and O–H groups in total. The molecule has 4 aromatic carbocycles. The van der Waals surface area contributed by atoms with Crippen LogP contribution in [0.25, 0.3) is 0 Å². The normalized spacial score (nSPS) is 20.0. The first-order valence-electron chi connectivity index (χ1n) is 22.6. The number of rotatable bonds is 22. The third-order valence-corrected chi connectivity index (χ3v) is 13.8. The topological polar surface area (TPSA) is 159 Å². The third kappa shape index (κ3) is 11.5. The van der Waals surface area contributed by atoms with Crippen LogP contribution in [0.2, 0.25) is 0 Å². The van der Waals surface area contributed by atoms with E-state index in [1.807, 2.05) is 42.5 Å². The van der Waals surface area contributed by atoms with E-state index in [0.717, 1.165) is 78.9 Å². The number of hydrogen-bond acceptors (Lipinski definition) is 12. The molecule has 0 amide bonds. The van der Waals surface area contributed by atoms with Gasteiger partial charge in [0.15, 0.2) is 23.0 Å². The quantitative estimate of drug-likeness (QED) is 0.0372. The van der Waals surface area contributed by atoms with Gasteiger partial charge in [0.2, 0.25) is 0 Å². The maximum absolute atomic E-state index is 12.8. The van der Waals surface area contributed by atoms with E-state index in [9.17, 15) is 24.9 Å². The van der Waals surface area contributed by atoms with Crippen LogP contribution in [0.3, 0.4) is 0 Å². The van der Waals surface area contributed by atoms with Crippen LogP contribution in [0.1, 0.15) is 75.0 Å². The Kier molecular flexibility index (Phi) is 17.1. The Labute approximate surface area is 389 Å². The molecule has 0 saturated carbocycles. The van der Waals surface area contributed by atoms with Gasteiger partial charge in [0.1, 0.15) is 17.8 Å². The summed E-state index contributed by atoms with van der Waals surface area (Å²) in [5.74, 6) is 2.10. The van der Waals surface area contributed by atoms with Crippen LogP contribution in [-0.2, 0) is 64.6 Å². The molecule has 0 unspecified atom stereocenters. The predicted octanol–water partition coefficient (Wildman–Crippen LogP) is 5.90. The van der Waals surface area contributed by atoms with Crippen molar-refractivity contribution in [2.45, 2.75) is 70.4 Å². The van der Waals surface area contributed by atoms with Crippen molar-refractivity contribution >= 4 is 11.9 Å². The summed E-state index contributed by atoms with van der Waals surface area (Å²) in [6, 6.07) is 20.1. The highest BCUT2D eigenvalue weighted by Gasteiger charge is 2.41. The van der Waals surface area contributed by atoms with Gasteiger partial charge in [-0.3, -0.25) is 0 Å². The van der Waals surface area contributed by atoms with Crippen LogP contribution in [0, 0.1) is 0 Å². The standard InChI is InChI=1S/C52H68N2O12/c1-53(20-16-37-28-40(33-56)41(34-57)29-42(37)44(53)24-35-10-12-39(32-55)47(26-35)61-4)18-8-22-65-51(58)14-15-52(59)66-23-9-19-54(2)21-17-38-30-49(63-6)50(64-7)31-43(38)45(54)25-36-11-13-46(60-3)48(27-36)62-5/h10-15,26-31,44-45,55-57H,8-9,16-25,32-34H2,1-7H3/q+2/b15-14-/t44-,45-,53-,54-/m1/s1. The van der Waals surface area contributed by atoms with E-state index >= 15 is 0 Å². The number of nitrogens with zero attached hydrogens (tertiary/aromatic N) is 2. The van der Waals surface area contributed by atoms with Gasteiger partial charge >= 0.3 is 11.9 Å². The molecule has 2 heterocycles. The number of carbonyl (C=O) groups is 2. The molecule has 0 aliphatic carbocycles. The monoisotopic (exact) mass is 912 g/mol. The lowest BCUT2D eigenvalue weighted by Crippen LogP contribution is -2.52. The van der Waals surface area contributed by atoms with Crippen molar-refractivity contribution in [2.75, 3.05) is 89.0 Å². The lowest BCUT2D eigenvalue weighted by atomic mass is 9.84. The summed E-state index contributed by atoms with van der Waals surface area (Å²) in [6.45, 7) is 3.03. The predicted molar refractivity (Wildman–Crippen MR) is 249 cm³/mol. The largest absolute Gasteiger partial charge is 0.496 e. The first-order valence-corrected chi connectivity index (χ1v) is 22.6. The molecule has 14 nitrogen and oxygen atoms in total. The highest BCUT2D eigenvalue weighted by atomic mass is 16.5. The van der Waals surface area contributed by atoms with Crippen LogP contribution >= 0.6 is 0 Å². The minimum atomic E-state index is -0.620. The fourth-order valence-electron chi connectivity index (χ4n) is 9.91. The van der Waals surface area contributed by atoms with E-state index in [-0.39, 0.29) is 45.1 Å². The van der Waals surface area contributed by atoms with E-state index in [0.29, 0.717) is 74.6 Å². The molecule has 0 saturated heterocycles. The molecule has 0 radical (unpaired) electrons. The van der Waals surface area contributed by atoms with Crippen LogP contribution in [-0.4, -0.2) is 125 Å². The Morgan fingerprint density at radius 1 is 0.545 bits per heavy atom. The Bertz CT molecular complexity index is 2190. The number of carbonyl (C=O) groups excluding carboxylic acids is 2. The zero-order valence-corrected chi connectivity index (χ0v) is 39.6. The molecule has 4 aromatic rings. The number of fused-ring (bicyclic) bond motifs is 2. The Hall–Kier alpha value is -5.64. The zero-order chi connectivity index (χ0) is 47.4. The van der Waals surface area contributed by atoms with Crippen LogP contribution in [0.5, 0.6) is 28.7 Å². The van der Waals surface area contributed by atoms with Crippen molar-refractivity contribution in [3.05, 3.63) is 123 Å². The van der Waals surface area contributed by atoms with Crippen LogP contribution < -0.4 is 23.7 Å². The van der Waals surface area contributed by atoms with E-state index in [1.54, 1.807) is 35.5 Å². The molecular formula is C52H68N2O12+2. The molecular weight excluding hydrogens is 845 g/mol. The van der Waals surface area contributed by atoms with Crippen molar-refractivity contribution in [3.63, 3.8) is 0 Å². The summed E-state index contributed by atoms with van der Waals surface area (Å²) in [6.07, 6.45) is 6.45. The molecule has 2 aliphatic heterocycles. The van der Waals surface area contributed by atoms with Crippen LogP contribution in [0.4, 0.5) is 0 Å². The van der Waals surface area contributed by atoms with E-state index in [2.05, 4.69) is 32.3 Å². The van der Waals surface area contributed by atoms with Crippen molar-refractivity contribution in [1.29, 1.82) is 0 Å². The second kappa shape index (κ2) is 22.7. The van der Waals surface area contributed by atoms with Crippen molar-refractivity contribution < 1.29 is 67.0 Å². The molecule has 14 heteroatoms. The Morgan fingerprint density at radius 2 is 0.985 bits per heavy atom. The van der Waals surface area contributed by atoms with Crippen molar-refractivity contribution in [2.24, 2.45) is 0 Å². The van der Waals surface area contributed by atoms with Crippen molar-refractivity contribution in [1.82, 2.24) is 0 Å². The van der Waals surface area contributed by atoms with Gasteiger partial charge in [0.05, 0.1) is 109 Å². The fourth-order valence-corrected chi connectivity index (χ4v) is 9.91. The van der Waals surface area contributed by atoms with Crippen molar-refractivity contribution in [3.8, 4) is 28.7 Å². The number of aliphatic hydroxyl groups excluding tert-OH is 3. The fraction of sp³-hybridized carbons (Fsp3) is 0.462. The molecule has 6 rings (SSSR count). The summed E-state index contributed by atoms with van der Waals surface area (Å²) in [7, 11) is 12.6. The first kappa shape index (κ1) is 49.8. The summed E-state index contributed by atoms with van der Waals surface area (Å²) in [5.41, 5.74) is 8.93. The molecule has 66 heavy (non-hydrogen) atoms. The van der Waals surface area contributed by atoms with E-state index < -0.39 is 11.9 Å². The smallest absolute Gasteiger partial charge is 0.331 e. The molecule has 0 aromatic heterocycles. The minimum absolute atomic E-state index is 0.00625. The summed E-state index contributed by atoms with van der Waals surface area (Å²) in [4.78, 5) is 25.6. The highest BCUT2D eigenvalue weighted by molar-refractivity contribution is 5.91. The Balaban J connectivity index is 1.04. The van der Waals surface area contributed by atoms with E-state index in [4.69, 9.17) is 33.2 Å². The van der Waals surface area contributed by atoms with Gasteiger partial charge in [-0.2, -0.15) is 0 Å². The molecule has 4 atom stereocenters. The van der Waals surface area contributed by atoms with E-state index in [1.165, 1.54) is 11.1 Å². The molecule has 0 bridgehead atoms. The van der Waals surface area contributed by atoms with Gasteiger partial charge in [-0.05, 0) is 69.8 Å². The molecule has 2 aliphatic rings. The number of hydrogen-bond donors (Lipinski definition) is 3. The number of aliphatic hydroxyl groups is 3. The number of methoxy groups -OCH3 is 5. The second-order valence-electron chi connectivity index (χ2n) is 17.7. The van der Waals surface area contributed by atoms with Crippen LogP contribution in [0.15, 0.2) is 72.8 Å². The van der Waals surface area contributed by atoms with Gasteiger partial charge in [-0.1, -0.05) is 24.3 Å². The van der Waals surface area contributed by atoms with Gasteiger partial charge < -0.3 is 57.4 Å². The van der Waals surface area contributed by atoms with Gasteiger partial charge in [-0.25, -0.2) is 9.59 Å². The molecule has 0 fully saturated rings. The summed E-state index contributed by atoms with van der Waals surface area (Å²) in [5, 5.41) is 30.0. The van der Waals surface area contributed by atoms with Gasteiger partial charge in [-0.15, -0.1) is 0 Å². The zero-order valence-electron chi connectivity index (χ0n) is 39.6. The SMILES string of the molecule is COc1cc(C[C@@H]2c3cc(CO)c(CO)cc3CC[N@@+]2(C)CCCOC(=O)/C=C\C(=O)OCCC[N@+]2(C)CCc3cc(OC)c(OC)cc3[C@H]2Cc2ccc(OC)c(OC)c2)ccc1CO. The maximum Gasteiger partial charge on any atom is 0.331 e. The molecule has 0 spiro atoms. The molecule has 356 valence electrons. The number of esters is 2. The second-order valence-corrected chi connectivity index (χ2v) is 17.7.